The number of nitrogens with zero attached hydrogens (tertiary/aromatic N) is 1. The number of rotatable bonds is 6. The van der Waals surface area contributed by atoms with Gasteiger partial charge in [0, 0.05) is 17.0 Å². The molecule has 8 heteroatoms. The molecular formula is C34H24Cl3NO4. The van der Waals surface area contributed by atoms with E-state index in [1.807, 2.05) is 78.9 Å². The van der Waals surface area contributed by atoms with E-state index < -0.39 is 45.4 Å². The second-order valence-electron chi connectivity index (χ2n) is 10.9. The number of amides is 2. The van der Waals surface area contributed by atoms with E-state index in [0.717, 1.165) is 10.5 Å². The molecule has 0 spiro atoms. The van der Waals surface area contributed by atoms with Crippen molar-refractivity contribution >= 4 is 52.6 Å². The second kappa shape index (κ2) is 9.98. The van der Waals surface area contributed by atoms with Crippen molar-refractivity contribution in [3.8, 4) is 0 Å². The molecule has 1 fully saturated rings. The summed E-state index contributed by atoms with van der Waals surface area (Å²) in [4.78, 5) is 41.2. The Morgan fingerprint density at radius 2 is 1.17 bits per heavy atom. The third-order valence-corrected chi connectivity index (χ3v) is 10.5. The molecule has 0 saturated carbocycles. The summed E-state index contributed by atoms with van der Waals surface area (Å²) in [6, 6.07) is 29.9. The fourth-order valence-electron chi connectivity index (χ4n) is 6.97. The Morgan fingerprint density at radius 1 is 0.714 bits per heavy atom. The predicted molar refractivity (Wildman–Crippen MR) is 160 cm³/mol. The number of benzene rings is 4. The van der Waals surface area contributed by atoms with Crippen molar-refractivity contribution < 1.29 is 19.1 Å². The van der Waals surface area contributed by atoms with Crippen molar-refractivity contribution in [2.24, 2.45) is 11.8 Å². The minimum atomic E-state index is -1.34. The van der Waals surface area contributed by atoms with E-state index in [9.17, 15) is 14.4 Å². The third kappa shape index (κ3) is 3.73. The predicted octanol–water partition coefficient (Wildman–Crippen LogP) is 6.59. The number of hydrogen-bond donors (Lipinski definition) is 0. The highest BCUT2D eigenvalue weighted by molar-refractivity contribution is 6.36. The summed E-state index contributed by atoms with van der Waals surface area (Å²) in [5, 5.41) is 0.449. The Bertz CT molecular complexity index is 1640. The molecular weight excluding hydrogens is 593 g/mol. The van der Waals surface area contributed by atoms with Crippen LogP contribution in [0.4, 0.5) is 0 Å². The second-order valence-corrected chi connectivity index (χ2v) is 12.5. The fraction of sp³-hybridized carbons (Fsp3) is 0.206. The van der Waals surface area contributed by atoms with E-state index >= 15 is 0 Å². The van der Waals surface area contributed by atoms with Gasteiger partial charge in [-0.15, -0.1) is 23.2 Å². The summed E-state index contributed by atoms with van der Waals surface area (Å²) in [6.07, 6.45) is 0.0730. The first-order valence-electron chi connectivity index (χ1n) is 13.7. The first kappa shape index (κ1) is 27.2. The lowest BCUT2D eigenvalue weighted by molar-refractivity contribution is -0.159. The van der Waals surface area contributed by atoms with E-state index in [0.29, 0.717) is 32.8 Å². The van der Waals surface area contributed by atoms with Crippen molar-refractivity contribution in [2.75, 3.05) is 0 Å². The fourth-order valence-corrected chi connectivity index (χ4v) is 8.26. The molecule has 42 heavy (non-hydrogen) atoms. The molecule has 4 aromatic rings. The van der Waals surface area contributed by atoms with Crippen molar-refractivity contribution in [2.45, 2.75) is 28.8 Å². The number of halogens is 3. The van der Waals surface area contributed by atoms with Crippen molar-refractivity contribution in [3.05, 3.63) is 142 Å². The zero-order chi connectivity index (χ0) is 29.2. The topological polar surface area (TPSA) is 63.7 Å². The summed E-state index contributed by atoms with van der Waals surface area (Å²) >= 11 is 21.4. The van der Waals surface area contributed by atoms with Crippen molar-refractivity contribution in [1.82, 2.24) is 4.90 Å². The molecule has 3 aliphatic carbocycles. The van der Waals surface area contributed by atoms with Gasteiger partial charge in [-0.3, -0.25) is 14.5 Å². The molecule has 4 aromatic carbocycles. The molecule has 2 bridgehead atoms. The SMILES string of the molecule is O=C(OCc1ccccc1Cl)[C@H](Cc1ccccc1)N1C(=O)[C@H]2[C@H](C1=O)C1(Cl)c3ccccc3C2(Cl)c2ccccc21. The van der Waals surface area contributed by atoms with Gasteiger partial charge >= 0.3 is 5.97 Å². The first-order chi connectivity index (χ1) is 20.3. The maximum atomic E-state index is 14.5. The number of esters is 1. The summed E-state index contributed by atoms with van der Waals surface area (Å²) in [5.74, 6) is -3.81. The molecule has 0 N–H and O–H groups in total. The first-order valence-corrected chi connectivity index (χ1v) is 14.8. The summed E-state index contributed by atoms with van der Waals surface area (Å²) in [5.41, 5.74) is 4.18. The highest BCUT2D eigenvalue weighted by atomic mass is 35.5. The number of imide groups is 1. The summed E-state index contributed by atoms with van der Waals surface area (Å²) in [7, 11) is 0. The lowest BCUT2D eigenvalue weighted by Crippen LogP contribution is -2.57. The maximum absolute atomic E-state index is 14.5. The maximum Gasteiger partial charge on any atom is 0.330 e. The lowest BCUT2D eigenvalue weighted by atomic mass is 9.54. The van der Waals surface area contributed by atoms with E-state index in [2.05, 4.69) is 0 Å². The highest BCUT2D eigenvalue weighted by Crippen LogP contribution is 2.69. The Hall–Kier alpha value is -3.64. The summed E-state index contributed by atoms with van der Waals surface area (Å²) < 4.78 is 5.71. The van der Waals surface area contributed by atoms with Gasteiger partial charge < -0.3 is 4.74 Å². The van der Waals surface area contributed by atoms with Crippen LogP contribution in [-0.4, -0.2) is 28.7 Å². The normalized spacial score (nSPS) is 25.9. The number of ether oxygens (including phenoxy) is 1. The van der Waals surface area contributed by atoms with Gasteiger partial charge in [-0.05, 0) is 33.9 Å². The molecule has 4 aliphatic rings. The van der Waals surface area contributed by atoms with Gasteiger partial charge in [0.2, 0.25) is 11.8 Å². The van der Waals surface area contributed by atoms with Crippen LogP contribution < -0.4 is 0 Å². The monoisotopic (exact) mass is 615 g/mol. The quantitative estimate of drug-likeness (QED) is 0.139. The third-order valence-electron chi connectivity index (χ3n) is 8.80. The van der Waals surface area contributed by atoms with Crippen LogP contribution in [0.25, 0.3) is 0 Å². The molecule has 1 saturated heterocycles. The zero-order valence-corrected chi connectivity index (χ0v) is 24.4. The molecule has 8 rings (SSSR count). The van der Waals surface area contributed by atoms with Gasteiger partial charge in [-0.25, -0.2) is 4.79 Å². The smallest absolute Gasteiger partial charge is 0.330 e. The van der Waals surface area contributed by atoms with Crippen LogP contribution in [0.2, 0.25) is 5.02 Å². The Kier molecular flexibility index (Phi) is 6.46. The zero-order valence-electron chi connectivity index (χ0n) is 22.2. The Labute approximate surface area is 258 Å². The molecule has 0 aromatic heterocycles. The standard InChI is InChI=1S/C34H24Cl3NO4/c35-26-17-9-4-12-21(26)19-42-32(41)27(18-20-10-2-1-3-11-20)38-30(39)28-29(31(38)40)34(37)23-14-6-5-13-22(23)33(28,36)24-15-7-8-16-25(24)34/h1-17,27-29H,18-19H2/t27-,28+,29+,33?,34?/m0/s1. The largest absolute Gasteiger partial charge is 0.459 e. The van der Waals surface area contributed by atoms with Gasteiger partial charge in [-0.1, -0.05) is 109 Å². The van der Waals surface area contributed by atoms with Crippen LogP contribution >= 0.6 is 34.8 Å². The van der Waals surface area contributed by atoms with Gasteiger partial charge in [-0.2, -0.15) is 0 Å². The van der Waals surface area contributed by atoms with E-state index in [1.54, 1.807) is 24.3 Å². The van der Waals surface area contributed by atoms with Crippen molar-refractivity contribution in [1.29, 1.82) is 0 Å². The molecule has 2 amide bonds. The van der Waals surface area contributed by atoms with Crippen LogP contribution in [0.15, 0.2) is 103 Å². The van der Waals surface area contributed by atoms with Crippen molar-refractivity contribution in [3.63, 3.8) is 0 Å². The van der Waals surface area contributed by atoms with Crippen LogP contribution in [0, 0.1) is 11.8 Å². The Balaban J connectivity index is 1.33. The minimum Gasteiger partial charge on any atom is -0.459 e. The van der Waals surface area contributed by atoms with Gasteiger partial charge in [0.05, 0.1) is 11.8 Å². The Morgan fingerprint density at radius 3 is 1.67 bits per heavy atom. The molecule has 1 aliphatic heterocycles. The molecule has 5 nitrogen and oxygen atoms in total. The number of alkyl halides is 2. The van der Waals surface area contributed by atoms with E-state index in [-0.39, 0.29) is 13.0 Å². The van der Waals surface area contributed by atoms with Gasteiger partial charge in [0.25, 0.3) is 0 Å². The highest BCUT2D eigenvalue weighted by Gasteiger charge is 2.73. The number of hydrogen-bond acceptors (Lipinski definition) is 4. The molecule has 3 atom stereocenters. The van der Waals surface area contributed by atoms with Gasteiger partial charge in [0.15, 0.2) is 0 Å². The van der Waals surface area contributed by atoms with Crippen LogP contribution in [0.3, 0.4) is 0 Å². The van der Waals surface area contributed by atoms with Crippen LogP contribution in [-0.2, 0) is 41.9 Å². The molecule has 0 radical (unpaired) electrons. The van der Waals surface area contributed by atoms with Crippen LogP contribution in [0.1, 0.15) is 33.4 Å². The van der Waals surface area contributed by atoms with E-state index in [4.69, 9.17) is 39.5 Å². The average Bonchev–Trinajstić information content (AvgIpc) is 3.29. The number of likely N-dealkylation sites (tertiary alicyclic amines) is 1. The lowest BCUT2D eigenvalue weighted by Gasteiger charge is -2.54. The molecule has 0 unspecified atom stereocenters. The molecule has 210 valence electrons. The number of carbonyl (C=O) groups is 3. The van der Waals surface area contributed by atoms with E-state index in [1.165, 1.54) is 0 Å². The average molecular weight is 617 g/mol. The number of carbonyl (C=O) groups excluding carboxylic acids is 3. The summed E-state index contributed by atoms with van der Waals surface area (Å²) in [6.45, 7) is -0.108. The minimum absolute atomic E-state index is 0.0730. The van der Waals surface area contributed by atoms with Crippen LogP contribution in [0.5, 0.6) is 0 Å². The molecule has 1 heterocycles. The van der Waals surface area contributed by atoms with Gasteiger partial charge in [0.1, 0.15) is 22.4 Å².